The minimum absolute atomic E-state index is 0.126. The van der Waals surface area contributed by atoms with Gasteiger partial charge in [-0.1, -0.05) is 13.0 Å². The Bertz CT molecular complexity index is 639. The van der Waals surface area contributed by atoms with E-state index in [1.165, 1.54) is 0 Å². The lowest BCUT2D eigenvalue weighted by molar-refractivity contribution is -0.00539. The molecule has 0 aliphatic heterocycles. The number of fused-ring (bicyclic) bond motifs is 1. The first-order valence-electron chi connectivity index (χ1n) is 7.63. The summed E-state index contributed by atoms with van der Waals surface area (Å²) < 4.78 is 0. The second-order valence-corrected chi connectivity index (χ2v) is 6.37. The number of H-pyrrole nitrogens is 1. The summed E-state index contributed by atoms with van der Waals surface area (Å²) >= 11 is 0. The van der Waals surface area contributed by atoms with Gasteiger partial charge in [0.05, 0.1) is 5.60 Å². The predicted molar refractivity (Wildman–Crippen MR) is 83.2 cm³/mol. The summed E-state index contributed by atoms with van der Waals surface area (Å²) in [5.74, 6) is 0.551. The van der Waals surface area contributed by atoms with Crippen LogP contribution in [0.15, 0.2) is 30.5 Å². The van der Waals surface area contributed by atoms with Gasteiger partial charge in [0.25, 0.3) is 5.91 Å². The Balaban J connectivity index is 1.63. The van der Waals surface area contributed by atoms with Crippen LogP contribution in [-0.2, 0) is 0 Å². The Morgan fingerprint density at radius 2 is 2.14 bits per heavy atom. The minimum atomic E-state index is -0.737. The highest BCUT2D eigenvalue weighted by Crippen LogP contribution is 2.31. The fourth-order valence-corrected chi connectivity index (χ4v) is 3.01. The molecule has 0 spiro atoms. The lowest BCUT2D eigenvalue weighted by Crippen LogP contribution is -2.45. The smallest absolute Gasteiger partial charge is 0.251 e. The second-order valence-electron chi connectivity index (χ2n) is 6.37. The molecule has 0 saturated heterocycles. The Hall–Kier alpha value is -1.81. The molecule has 1 heterocycles. The molecule has 2 aromatic rings. The van der Waals surface area contributed by atoms with Crippen LogP contribution in [0.4, 0.5) is 0 Å². The van der Waals surface area contributed by atoms with Gasteiger partial charge >= 0.3 is 0 Å². The van der Waals surface area contributed by atoms with Crippen molar-refractivity contribution in [1.29, 1.82) is 0 Å². The first-order chi connectivity index (χ1) is 10.1. The lowest BCUT2D eigenvalue weighted by Gasteiger charge is -2.34. The number of rotatable bonds is 3. The molecule has 3 N–H and O–H groups in total. The average molecular weight is 286 g/mol. The number of aromatic amines is 1. The number of amides is 1. The highest BCUT2D eigenvalue weighted by Gasteiger charge is 2.32. The summed E-state index contributed by atoms with van der Waals surface area (Å²) in [5.41, 5.74) is 0.837. The van der Waals surface area contributed by atoms with E-state index in [1.54, 1.807) is 0 Å². The Labute approximate surface area is 124 Å². The Kier molecular flexibility index (Phi) is 3.72. The van der Waals surface area contributed by atoms with Crippen LogP contribution >= 0.6 is 0 Å². The SMILES string of the molecule is CC1CCC(O)(CNC(=O)c2ccc3cc[nH]c3c2)CC1. The standard InChI is InChI=1S/C17H22N2O2/c1-12-4-7-17(21,8-5-12)11-19-16(20)14-3-2-13-6-9-18-15(13)10-14/h2-3,6,9-10,12,18,21H,4-5,7-8,11H2,1H3,(H,19,20). The Morgan fingerprint density at radius 1 is 1.38 bits per heavy atom. The molecular weight excluding hydrogens is 264 g/mol. The fourth-order valence-electron chi connectivity index (χ4n) is 3.01. The van der Waals surface area contributed by atoms with Crippen molar-refractivity contribution in [1.82, 2.24) is 10.3 Å². The minimum Gasteiger partial charge on any atom is -0.388 e. The zero-order chi connectivity index (χ0) is 14.9. The second kappa shape index (κ2) is 5.53. The van der Waals surface area contributed by atoms with Gasteiger partial charge in [0.1, 0.15) is 0 Å². The molecule has 1 aromatic heterocycles. The van der Waals surface area contributed by atoms with E-state index in [0.29, 0.717) is 18.0 Å². The number of hydrogen-bond donors (Lipinski definition) is 3. The third kappa shape index (κ3) is 3.10. The van der Waals surface area contributed by atoms with Crippen LogP contribution in [-0.4, -0.2) is 28.1 Å². The van der Waals surface area contributed by atoms with E-state index in [0.717, 1.165) is 36.6 Å². The maximum absolute atomic E-state index is 12.2. The van der Waals surface area contributed by atoms with Crippen LogP contribution < -0.4 is 5.32 Å². The molecule has 21 heavy (non-hydrogen) atoms. The van der Waals surface area contributed by atoms with E-state index in [1.807, 2.05) is 30.5 Å². The number of hydrogen-bond acceptors (Lipinski definition) is 2. The van der Waals surface area contributed by atoms with Crippen molar-refractivity contribution in [2.75, 3.05) is 6.54 Å². The van der Waals surface area contributed by atoms with Crippen LogP contribution in [0, 0.1) is 5.92 Å². The first kappa shape index (κ1) is 14.1. The van der Waals surface area contributed by atoms with Gasteiger partial charge in [-0.2, -0.15) is 0 Å². The molecule has 1 aliphatic rings. The van der Waals surface area contributed by atoms with Crippen LogP contribution in [0.3, 0.4) is 0 Å². The predicted octanol–water partition coefficient (Wildman–Crippen LogP) is 2.84. The summed E-state index contributed by atoms with van der Waals surface area (Å²) in [6.07, 6.45) is 5.45. The van der Waals surface area contributed by atoms with Gasteiger partial charge in [-0.3, -0.25) is 4.79 Å². The summed E-state index contributed by atoms with van der Waals surface area (Å²) in [4.78, 5) is 15.3. The van der Waals surface area contributed by atoms with Gasteiger partial charge in [-0.25, -0.2) is 0 Å². The molecule has 1 saturated carbocycles. The maximum atomic E-state index is 12.2. The molecular formula is C17H22N2O2. The molecule has 0 atom stereocenters. The number of nitrogens with one attached hydrogen (secondary N) is 2. The maximum Gasteiger partial charge on any atom is 0.251 e. The largest absolute Gasteiger partial charge is 0.388 e. The molecule has 112 valence electrons. The van der Waals surface area contributed by atoms with Crippen molar-refractivity contribution in [3.05, 3.63) is 36.0 Å². The molecule has 0 unspecified atom stereocenters. The van der Waals surface area contributed by atoms with Crippen LogP contribution in [0.25, 0.3) is 10.9 Å². The average Bonchev–Trinajstić information content (AvgIpc) is 2.96. The van der Waals surface area contributed by atoms with Gasteiger partial charge in [0.2, 0.25) is 0 Å². The molecule has 3 rings (SSSR count). The molecule has 1 aromatic carbocycles. The third-order valence-electron chi connectivity index (χ3n) is 4.60. The van der Waals surface area contributed by atoms with E-state index in [-0.39, 0.29) is 5.91 Å². The number of aliphatic hydroxyl groups is 1. The van der Waals surface area contributed by atoms with Gasteiger partial charge in [0, 0.05) is 23.8 Å². The lowest BCUT2D eigenvalue weighted by atomic mass is 9.79. The summed E-state index contributed by atoms with van der Waals surface area (Å²) in [6, 6.07) is 7.57. The van der Waals surface area contributed by atoms with Gasteiger partial charge < -0.3 is 15.4 Å². The van der Waals surface area contributed by atoms with Crippen molar-refractivity contribution in [2.45, 2.75) is 38.2 Å². The quantitative estimate of drug-likeness (QED) is 0.812. The van der Waals surface area contributed by atoms with Gasteiger partial charge in [0.15, 0.2) is 0 Å². The van der Waals surface area contributed by atoms with E-state index in [9.17, 15) is 9.90 Å². The molecule has 1 fully saturated rings. The van der Waals surface area contributed by atoms with Gasteiger partial charge in [-0.15, -0.1) is 0 Å². The van der Waals surface area contributed by atoms with Crippen LogP contribution in [0.5, 0.6) is 0 Å². The molecule has 4 nitrogen and oxygen atoms in total. The molecule has 1 aliphatic carbocycles. The number of aromatic nitrogens is 1. The normalized spacial score (nSPS) is 25.9. The van der Waals surface area contributed by atoms with E-state index in [2.05, 4.69) is 17.2 Å². The zero-order valence-electron chi connectivity index (χ0n) is 12.4. The van der Waals surface area contributed by atoms with Crippen molar-refractivity contribution in [3.8, 4) is 0 Å². The molecule has 0 radical (unpaired) electrons. The van der Waals surface area contributed by atoms with E-state index >= 15 is 0 Å². The number of carbonyl (C=O) groups excluding carboxylic acids is 1. The van der Waals surface area contributed by atoms with E-state index in [4.69, 9.17) is 0 Å². The molecule has 4 heteroatoms. The third-order valence-corrected chi connectivity index (χ3v) is 4.60. The van der Waals surface area contributed by atoms with Gasteiger partial charge in [-0.05, 0) is 55.2 Å². The summed E-state index contributed by atoms with van der Waals surface area (Å²) in [6.45, 7) is 2.55. The monoisotopic (exact) mass is 286 g/mol. The van der Waals surface area contributed by atoms with Crippen LogP contribution in [0.2, 0.25) is 0 Å². The Morgan fingerprint density at radius 3 is 2.90 bits per heavy atom. The topological polar surface area (TPSA) is 65.1 Å². The number of carbonyl (C=O) groups is 1. The highest BCUT2D eigenvalue weighted by molar-refractivity contribution is 5.97. The molecule has 1 amide bonds. The van der Waals surface area contributed by atoms with Crippen molar-refractivity contribution in [2.24, 2.45) is 5.92 Å². The van der Waals surface area contributed by atoms with Crippen molar-refractivity contribution < 1.29 is 9.90 Å². The summed E-state index contributed by atoms with van der Waals surface area (Å²) in [5, 5.41) is 14.5. The fraction of sp³-hybridized carbons (Fsp3) is 0.471. The zero-order valence-corrected chi connectivity index (χ0v) is 12.4. The van der Waals surface area contributed by atoms with Crippen molar-refractivity contribution in [3.63, 3.8) is 0 Å². The summed E-state index contributed by atoms with van der Waals surface area (Å²) in [7, 11) is 0. The van der Waals surface area contributed by atoms with Crippen molar-refractivity contribution >= 4 is 16.8 Å². The highest BCUT2D eigenvalue weighted by atomic mass is 16.3. The first-order valence-corrected chi connectivity index (χ1v) is 7.63. The van der Waals surface area contributed by atoms with E-state index < -0.39 is 5.60 Å². The molecule has 0 bridgehead atoms. The van der Waals surface area contributed by atoms with Crippen LogP contribution in [0.1, 0.15) is 43.0 Å². The number of benzene rings is 1.